The lowest BCUT2D eigenvalue weighted by atomic mass is 9.96. The van der Waals surface area contributed by atoms with Crippen LogP contribution in [0.15, 0.2) is 162 Å². The van der Waals surface area contributed by atoms with Crippen LogP contribution in [0.3, 0.4) is 0 Å². The molecule has 51 heavy (non-hydrogen) atoms. The minimum Gasteiger partial charge on any atom is -0.455 e. The highest BCUT2D eigenvalue weighted by Gasteiger charge is 2.27. The molecule has 2 N–H and O–H groups in total. The average Bonchev–Trinajstić information content (AvgIpc) is 3.89. The second-order valence-electron chi connectivity index (χ2n) is 13.3. The molecule has 1 aliphatic rings. The zero-order chi connectivity index (χ0) is 33.5. The predicted octanol–water partition coefficient (Wildman–Crippen LogP) is 13.0. The van der Waals surface area contributed by atoms with Crippen molar-refractivity contribution in [3.05, 3.63) is 174 Å². The fraction of sp³-hybridized carbons (Fsp3) is 0.0435. The first-order chi connectivity index (χ1) is 25.2. The van der Waals surface area contributed by atoms with E-state index < -0.39 is 0 Å². The summed E-state index contributed by atoms with van der Waals surface area (Å²) in [7, 11) is 0. The SMILES string of the molecule is C1=C(c2ccccc2)NC(c2ccc3sc4ccccc4c3c2)NC1c1cccc2c1sc1ccc(-c3cccc4c3oc3ccccc34)cc12. The van der Waals surface area contributed by atoms with Crippen LogP contribution in [-0.4, -0.2) is 0 Å². The molecule has 0 amide bonds. The lowest BCUT2D eigenvalue weighted by Crippen LogP contribution is -2.39. The van der Waals surface area contributed by atoms with Crippen LogP contribution in [0.25, 0.3) is 79.1 Å². The van der Waals surface area contributed by atoms with Crippen LogP contribution in [0.4, 0.5) is 0 Å². The number of thiophene rings is 2. The molecule has 0 aliphatic carbocycles. The molecule has 0 saturated carbocycles. The van der Waals surface area contributed by atoms with E-state index in [9.17, 15) is 0 Å². The summed E-state index contributed by atoms with van der Waals surface area (Å²) in [5.41, 5.74) is 8.99. The van der Waals surface area contributed by atoms with Gasteiger partial charge in [-0.05, 0) is 64.7 Å². The van der Waals surface area contributed by atoms with Crippen molar-refractivity contribution in [1.29, 1.82) is 0 Å². The maximum atomic E-state index is 6.43. The van der Waals surface area contributed by atoms with Crippen LogP contribution in [-0.2, 0) is 0 Å². The zero-order valence-electron chi connectivity index (χ0n) is 27.4. The van der Waals surface area contributed by atoms with E-state index >= 15 is 0 Å². The van der Waals surface area contributed by atoms with Gasteiger partial charge in [0.15, 0.2) is 0 Å². The molecule has 2 atom stereocenters. The van der Waals surface area contributed by atoms with E-state index in [1.807, 2.05) is 28.7 Å². The van der Waals surface area contributed by atoms with Crippen molar-refractivity contribution < 1.29 is 4.42 Å². The Balaban J connectivity index is 1.04. The van der Waals surface area contributed by atoms with Gasteiger partial charge in [0, 0.05) is 62.4 Å². The number of furan rings is 1. The van der Waals surface area contributed by atoms with Crippen molar-refractivity contribution in [1.82, 2.24) is 10.6 Å². The van der Waals surface area contributed by atoms with Gasteiger partial charge >= 0.3 is 0 Å². The Morgan fingerprint density at radius 1 is 0.510 bits per heavy atom. The van der Waals surface area contributed by atoms with E-state index in [4.69, 9.17) is 4.42 Å². The Morgan fingerprint density at radius 2 is 1.24 bits per heavy atom. The van der Waals surface area contributed by atoms with Crippen LogP contribution < -0.4 is 10.6 Å². The summed E-state index contributed by atoms with van der Waals surface area (Å²) < 4.78 is 11.7. The molecule has 0 fully saturated rings. The Hall–Kier alpha value is -5.72. The summed E-state index contributed by atoms with van der Waals surface area (Å²) in [5, 5.41) is 15.4. The third-order valence-electron chi connectivity index (χ3n) is 10.4. The summed E-state index contributed by atoms with van der Waals surface area (Å²) in [6.07, 6.45) is 2.29. The first-order valence-corrected chi connectivity index (χ1v) is 19.0. The van der Waals surface area contributed by atoms with Crippen molar-refractivity contribution in [3.63, 3.8) is 0 Å². The molecule has 0 spiro atoms. The number of hydrogen-bond acceptors (Lipinski definition) is 5. The second kappa shape index (κ2) is 11.4. The summed E-state index contributed by atoms with van der Waals surface area (Å²) >= 11 is 3.74. The number of hydrogen-bond donors (Lipinski definition) is 2. The third-order valence-corrected chi connectivity index (χ3v) is 12.8. The smallest absolute Gasteiger partial charge is 0.143 e. The van der Waals surface area contributed by atoms with Crippen molar-refractivity contribution in [2.24, 2.45) is 0 Å². The minimum atomic E-state index is -0.0706. The van der Waals surface area contributed by atoms with Gasteiger partial charge in [-0.2, -0.15) is 0 Å². The first-order valence-electron chi connectivity index (χ1n) is 17.3. The Labute approximate surface area is 302 Å². The highest BCUT2D eigenvalue weighted by Crippen LogP contribution is 2.43. The van der Waals surface area contributed by atoms with Gasteiger partial charge in [0.05, 0.1) is 6.04 Å². The number of nitrogens with one attached hydrogen (secondary N) is 2. The minimum absolute atomic E-state index is 0.00176. The summed E-state index contributed by atoms with van der Waals surface area (Å²) in [4.78, 5) is 0. The molecule has 0 saturated heterocycles. The third kappa shape index (κ3) is 4.66. The molecule has 242 valence electrons. The van der Waals surface area contributed by atoms with Gasteiger partial charge in [-0.3, -0.25) is 5.32 Å². The van der Waals surface area contributed by atoms with Crippen LogP contribution >= 0.6 is 22.7 Å². The lowest BCUT2D eigenvalue weighted by Gasteiger charge is -2.33. The molecule has 4 heterocycles. The molecule has 1 aliphatic heterocycles. The fourth-order valence-electron chi connectivity index (χ4n) is 7.93. The number of para-hydroxylation sites is 2. The molecule has 3 aromatic heterocycles. The molecule has 3 nitrogen and oxygen atoms in total. The maximum absolute atomic E-state index is 6.43. The summed E-state index contributed by atoms with van der Waals surface area (Å²) in [5.74, 6) is 0. The van der Waals surface area contributed by atoms with Gasteiger partial charge in [0.1, 0.15) is 17.3 Å². The van der Waals surface area contributed by atoms with Crippen LogP contribution in [0.5, 0.6) is 0 Å². The topological polar surface area (TPSA) is 37.2 Å². The fourth-order valence-corrected chi connectivity index (χ4v) is 10.2. The molecule has 5 heteroatoms. The number of benzene rings is 7. The Kier molecular flexibility index (Phi) is 6.50. The van der Waals surface area contributed by atoms with Crippen LogP contribution in [0.1, 0.15) is 28.9 Å². The van der Waals surface area contributed by atoms with Crippen molar-refractivity contribution in [2.45, 2.75) is 12.2 Å². The highest BCUT2D eigenvalue weighted by molar-refractivity contribution is 7.26. The molecule has 10 aromatic rings. The van der Waals surface area contributed by atoms with Crippen LogP contribution in [0, 0.1) is 0 Å². The van der Waals surface area contributed by atoms with Crippen molar-refractivity contribution >= 4 is 90.7 Å². The molecule has 0 radical (unpaired) electrons. The zero-order valence-corrected chi connectivity index (χ0v) is 29.0. The normalized spacial score (nSPS) is 16.4. The first kappa shape index (κ1) is 29.1. The standard InChI is InChI=1S/C46H30N2OS2/c1-2-10-27(11-3-1)38-26-39(48-46(47-38)29-21-23-42-36(25-29)32-13-5-7-19-41(32)50-42)35-17-9-16-34-37-24-28(20-22-43(37)51-45(34)35)30-14-8-15-33-31-12-4-6-18-40(31)49-44(30)33/h1-26,39,46-48H. The second-order valence-corrected chi connectivity index (χ2v) is 15.5. The highest BCUT2D eigenvalue weighted by atomic mass is 32.1. The van der Waals surface area contributed by atoms with Gasteiger partial charge in [0.2, 0.25) is 0 Å². The summed E-state index contributed by atoms with van der Waals surface area (Å²) in [6, 6.07) is 54.8. The van der Waals surface area contributed by atoms with E-state index in [2.05, 4.69) is 162 Å². The Morgan fingerprint density at radius 3 is 2.18 bits per heavy atom. The molecule has 7 aromatic carbocycles. The largest absolute Gasteiger partial charge is 0.455 e. The van der Waals surface area contributed by atoms with Gasteiger partial charge in [-0.1, -0.05) is 115 Å². The van der Waals surface area contributed by atoms with E-state index in [-0.39, 0.29) is 12.2 Å². The van der Waals surface area contributed by atoms with E-state index in [1.54, 1.807) is 0 Å². The van der Waals surface area contributed by atoms with Gasteiger partial charge in [-0.25, -0.2) is 0 Å². The summed E-state index contributed by atoms with van der Waals surface area (Å²) in [6.45, 7) is 0. The number of rotatable bonds is 4. The predicted molar refractivity (Wildman–Crippen MR) is 218 cm³/mol. The Bertz CT molecular complexity index is 3000. The van der Waals surface area contributed by atoms with E-state index in [0.29, 0.717) is 0 Å². The van der Waals surface area contributed by atoms with Crippen molar-refractivity contribution in [3.8, 4) is 11.1 Å². The lowest BCUT2D eigenvalue weighted by molar-refractivity contribution is 0.444. The van der Waals surface area contributed by atoms with Crippen LogP contribution in [0.2, 0.25) is 0 Å². The van der Waals surface area contributed by atoms with Gasteiger partial charge in [0.25, 0.3) is 0 Å². The molecule has 11 rings (SSSR count). The molecule has 0 bridgehead atoms. The van der Waals surface area contributed by atoms with Gasteiger partial charge in [-0.15, -0.1) is 22.7 Å². The molecular weight excluding hydrogens is 661 g/mol. The molecular formula is C46H30N2OS2. The van der Waals surface area contributed by atoms with Crippen molar-refractivity contribution in [2.75, 3.05) is 0 Å². The number of fused-ring (bicyclic) bond motifs is 9. The van der Waals surface area contributed by atoms with E-state index in [1.165, 1.54) is 62.6 Å². The van der Waals surface area contributed by atoms with Gasteiger partial charge < -0.3 is 9.73 Å². The average molecular weight is 691 g/mol. The van der Waals surface area contributed by atoms with E-state index in [0.717, 1.165) is 33.2 Å². The quantitative estimate of drug-likeness (QED) is 0.193. The maximum Gasteiger partial charge on any atom is 0.143 e. The molecule has 2 unspecified atom stereocenters. The monoisotopic (exact) mass is 690 g/mol.